The average Bonchev–Trinajstić information content (AvgIpc) is 3.27. The van der Waals surface area contributed by atoms with Crippen molar-refractivity contribution in [1.29, 1.82) is 0 Å². The molecule has 1 fully saturated rings. The van der Waals surface area contributed by atoms with Gasteiger partial charge in [-0.2, -0.15) is 5.10 Å². The van der Waals surface area contributed by atoms with Gasteiger partial charge >= 0.3 is 0 Å². The molecule has 1 saturated heterocycles. The van der Waals surface area contributed by atoms with Crippen LogP contribution in [0, 0.1) is 0 Å². The Kier molecular flexibility index (Phi) is 6.02. The number of anilines is 1. The number of rotatable bonds is 5. The van der Waals surface area contributed by atoms with Crippen molar-refractivity contribution in [2.45, 2.75) is 30.8 Å². The van der Waals surface area contributed by atoms with Crippen molar-refractivity contribution in [3.8, 4) is 22.3 Å². The molecular weight excluding hydrogens is 438 g/mol. The van der Waals surface area contributed by atoms with E-state index in [0.717, 1.165) is 57.0 Å². The molecule has 0 spiro atoms. The molecule has 5 nitrogen and oxygen atoms in total. The summed E-state index contributed by atoms with van der Waals surface area (Å²) in [5.74, 6) is 0. The predicted molar refractivity (Wildman–Crippen MR) is 146 cm³/mol. The third kappa shape index (κ3) is 3.83. The highest BCUT2D eigenvalue weighted by atomic mass is 32.1. The van der Waals surface area contributed by atoms with Gasteiger partial charge in [0.25, 0.3) is 0 Å². The first-order valence-corrected chi connectivity index (χ1v) is 12.0. The third-order valence-corrected chi connectivity index (χ3v) is 7.04. The minimum absolute atomic E-state index is 0.466. The molecule has 2 aromatic carbocycles. The van der Waals surface area contributed by atoms with Crippen molar-refractivity contribution in [2.24, 2.45) is 0 Å². The van der Waals surface area contributed by atoms with Gasteiger partial charge in [-0.05, 0) is 54.3 Å². The van der Waals surface area contributed by atoms with Crippen LogP contribution in [-0.4, -0.2) is 39.8 Å². The summed E-state index contributed by atoms with van der Waals surface area (Å²) in [4.78, 5) is 8.15. The summed E-state index contributed by atoms with van der Waals surface area (Å²) >= 11 is 4.56. The van der Waals surface area contributed by atoms with Crippen LogP contribution >= 0.6 is 12.6 Å². The standard InChI is InChI=1S/C28H29N5S/c1-5-23-24(6-2)27(34)12-11-25(23)26-16-31-32-17-21(15-30-28(26)32)20-7-9-22(10-8-20)33-18(3)13-29-14-19(33)4/h5-12,15-19,29,34H,1-2,13-14H2,3-4H3. The van der Waals surface area contributed by atoms with Crippen molar-refractivity contribution >= 4 is 36.1 Å². The summed E-state index contributed by atoms with van der Waals surface area (Å²) in [6.45, 7) is 14.5. The van der Waals surface area contributed by atoms with Gasteiger partial charge in [-0.3, -0.25) is 0 Å². The number of nitrogens with zero attached hydrogens (tertiary/aromatic N) is 4. The summed E-state index contributed by atoms with van der Waals surface area (Å²) in [5.41, 5.74) is 8.10. The van der Waals surface area contributed by atoms with Crippen LogP contribution in [0.4, 0.5) is 5.69 Å². The minimum atomic E-state index is 0.466. The summed E-state index contributed by atoms with van der Waals surface area (Å²) in [6, 6.07) is 13.7. The van der Waals surface area contributed by atoms with Crippen molar-refractivity contribution in [1.82, 2.24) is 19.9 Å². The molecule has 3 heterocycles. The normalized spacial score (nSPS) is 18.3. The van der Waals surface area contributed by atoms with E-state index in [1.165, 1.54) is 5.69 Å². The van der Waals surface area contributed by atoms with E-state index in [1.54, 1.807) is 0 Å². The predicted octanol–water partition coefficient (Wildman–Crippen LogP) is 5.82. The molecule has 2 aromatic heterocycles. The Balaban J connectivity index is 1.49. The van der Waals surface area contributed by atoms with E-state index in [-0.39, 0.29) is 0 Å². The first-order valence-electron chi connectivity index (χ1n) is 11.6. The van der Waals surface area contributed by atoms with Crippen molar-refractivity contribution in [3.63, 3.8) is 0 Å². The smallest absolute Gasteiger partial charge is 0.162 e. The van der Waals surface area contributed by atoms with E-state index in [4.69, 9.17) is 4.98 Å². The SMILES string of the molecule is C=Cc1c(S)ccc(-c2cnn3cc(-c4ccc(N5C(C)CNCC5C)cc4)cnc23)c1C=C. The van der Waals surface area contributed by atoms with Gasteiger partial charge in [-0.25, -0.2) is 9.50 Å². The lowest BCUT2D eigenvalue weighted by Gasteiger charge is -2.41. The van der Waals surface area contributed by atoms with E-state index in [1.807, 2.05) is 47.4 Å². The van der Waals surface area contributed by atoms with E-state index < -0.39 is 0 Å². The molecule has 0 saturated carbocycles. The average molecular weight is 468 g/mol. The summed E-state index contributed by atoms with van der Waals surface area (Å²) in [5, 5.41) is 8.10. The second-order valence-electron chi connectivity index (χ2n) is 8.85. The Hall–Kier alpha value is -3.35. The first-order chi connectivity index (χ1) is 16.5. The Morgan fingerprint density at radius 2 is 1.62 bits per heavy atom. The maximum atomic E-state index is 4.79. The highest BCUT2D eigenvalue weighted by molar-refractivity contribution is 7.80. The van der Waals surface area contributed by atoms with Crippen LogP contribution in [0.2, 0.25) is 0 Å². The zero-order valence-corrected chi connectivity index (χ0v) is 20.5. The van der Waals surface area contributed by atoms with Crippen LogP contribution in [0.15, 0.2) is 73.0 Å². The van der Waals surface area contributed by atoms with Gasteiger partial charge in [-0.1, -0.05) is 43.5 Å². The Labute approximate surface area is 206 Å². The van der Waals surface area contributed by atoms with E-state index in [9.17, 15) is 0 Å². The largest absolute Gasteiger partial charge is 0.364 e. The molecule has 6 heteroatoms. The van der Waals surface area contributed by atoms with Crippen molar-refractivity contribution in [3.05, 3.63) is 79.3 Å². The van der Waals surface area contributed by atoms with Gasteiger partial charge in [0, 0.05) is 59.3 Å². The van der Waals surface area contributed by atoms with Gasteiger partial charge in [0.2, 0.25) is 0 Å². The molecule has 1 N–H and O–H groups in total. The quantitative estimate of drug-likeness (QED) is 0.363. The number of fused-ring (bicyclic) bond motifs is 1. The highest BCUT2D eigenvalue weighted by Crippen LogP contribution is 2.34. The lowest BCUT2D eigenvalue weighted by Crippen LogP contribution is -2.55. The number of piperazine rings is 1. The van der Waals surface area contributed by atoms with Crippen LogP contribution in [0.3, 0.4) is 0 Å². The highest BCUT2D eigenvalue weighted by Gasteiger charge is 2.24. The lowest BCUT2D eigenvalue weighted by molar-refractivity contribution is 0.432. The first kappa shape index (κ1) is 22.4. The molecule has 172 valence electrons. The third-order valence-electron chi connectivity index (χ3n) is 6.65. The van der Waals surface area contributed by atoms with E-state index in [2.05, 4.69) is 79.2 Å². The van der Waals surface area contributed by atoms with Crippen LogP contribution in [0.5, 0.6) is 0 Å². The van der Waals surface area contributed by atoms with Gasteiger partial charge in [0.1, 0.15) is 0 Å². The van der Waals surface area contributed by atoms with Crippen molar-refractivity contribution < 1.29 is 0 Å². The summed E-state index contributed by atoms with van der Waals surface area (Å²) < 4.78 is 1.84. The van der Waals surface area contributed by atoms with Crippen molar-refractivity contribution in [2.75, 3.05) is 18.0 Å². The number of benzene rings is 2. The Morgan fingerprint density at radius 1 is 0.912 bits per heavy atom. The molecule has 1 aliphatic heterocycles. The second-order valence-corrected chi connectivity index (χ2v) is 9.33. The van der Waals surface area contributed by atoms with Gasteiger partial charge in [0.05, 0.1) is 6.20 Å². The second kappa shape index (κ2) is 9.12. The zero-order chi connectivity index (χ0) is 23.8. The van der Waals surface area contributed by atoms with Gasteiger partial charge in [0.15, 0.2) is 5.65 Å². The number of hydrogen-bond acceptors (Lipinski definition) is 5. The van der Waals surface area contributed by atoms with Crippen LogP contribution in [0.1, 0.15) is 25.0 Å². The zero-order valence-electron chi connectivity index (χ0n) is 19.6. The van der Waals surface area contributed by atoms with Gasteiger partial charge < -0.3 is 10.2 Å². The molecule has 2 unspecified atom stereocenters. The molecule has 0 aliphatic carbocycles. The molecule has 0 bridgehead atoms. The molecule has 5 rings (SSSR count). The fourth-order valence-electron chi connectivity index (χ4n) is 4.98. The van der Waals surface area contributed by atoms with E-state index >= 15 is 0 Å². The lowest BCUT2D eigenvalue weighted by atomic mass is 9.96. The fraction of sp³-hybridized carbons (Fsp3) is 0.214. The maximum absolute atomic E-state index is 4.79. The molecule has 2 atom stereocenters. The maximum Gasteiger partial charge on any atom is 0.162 e. The summed E-state index contributed by atoms with van der Waals surface area (Å²) in [6.07, 6.45) is 9.46. The number of hydrogen-bond donors (Lipinski definition) is 2. The Morgan fingerprint density at radius 3 is 2.29 bits per heavy atom. The monoisotopic (exact) mass is 467 g/mol. The topological polar surface area (TPSA) is 45.5 Å². The molecule has 34 heavy (non-hydrogen) atoms. The molecule has 4 aromatic rings. The molecule has 0 radical (unpaired) electrons. The summed E-state index contributed by atoms with van der Waals surface area (Å²) in [7, 11) is 0. The molecule has 1 aliphatic rings. The number of nitrogens with one attached hydrogen (secondary N) is 1. The van der Waals surface area contributed by atoms with Crippen LogP contribution < -0.4 is 10.2 Å². The fourth-order valence-corrected chi connectivity index (χ4v) is 5.26. The molecular formula is C28H29N5S. The minimum Gasteiger partial charge on any atom is -0.364 e. The Bertz CT molecular complexity index is 1360. The number of thiol groups is 1. The van der Waals surface area contributed by atoms with E-state index in [0.29, 0.717) is 12.1 Å². The molecule has 0 amide bonds. The number of aromatic nitrogens is 3. The van der Waals surface area contributed by atoms with Crippen LogP contribution in [-0.2, 0) is 0 Å². The van der Waals surface area contributed by atoms with Gasteiger partial charge in [-0.15, -0.1) is 12.6 Å². The van der Waals surface area contributed by atoms with Crippen LogP contribution in [0.25, 0.3) is 40.1 Å².